The van der Waals surface area contributed by atoms with Crippen LogP contribution >= 0.6 is 0 Å². The summed E-state index contributed by atoms with van der Waals surface area (Å²) in [5.41, 5.74) is 3.25. The van der Waals surface area contributed by atoms with Crippen molar-refractivity contribution in [2.24, 2.45) is 11.8 Å². The first-order valence-corrected chi connectivity index (χ1v) is 15.2. The molecule has 1 amide bonds. The molecule has 0 saturated carbocycles. The second-order valence-electron chi connectivity index (χ2n) is 11.6. The normalized spacial score (nSPS) is 20.3. The third kappa shape index (κ3) is 5.32. The molecule has 250 valence electrons. The lowest BCUT2D eigenvalue weighted by Gasteiger charge is -2.39. The van der Waals surface area contributed by atoms with Gasteiger partial charge in [0, 0.05) is 17.9 Å². The summed E-state index contributed by atoms with van der Waals surface area (Å²) in [4.78, 5) is 27.3. The number of hydrogen-bond donors (Lipinski definition) is 1. The van der Waals surface area contributed by atoms with Gasteiger partial charge in [-0.15, -0.1) is 5.10 Å². The number of carbonyl (C=O) groups excluding carboxylic acids is 2. The summed E-state index contributed by atoms with van der Waals surface area (Å²) in [6.45, 7) is 0.488. The Kier molecular flexibility index (Phi) is 8.07. The number of amides is 1. The summed E-state index contributed by atoms with van der Waals surface area (Å²) in [6, 6.07) is 12.3. The van der Waals surface area contributed by atoms with E-state index in [4.69, 9.17) is 37.9 Å². The van der Waals surface area contributed by atoms with Gasteiger partial charge in [-0.25, -0.2) is 4.68 Å². The maximum absolute atomic E-state index is 13.8. The summed E-state index contributed by atoms with van der Waals surface area (Å²) in [5, 5.41) is 11.5. The average Bonchev–Trinajstić information content (AvgIpc) is 3.87. The van der Waals surface area contributed by atoms with Crippen molar-refractivity contribution in [3.63, 3.8) is 0 Å². The van der Waals surface area contributed by atoms with Crippen LogP contribution in [0.1, 0.15) is 44.7 Å². The number of nitrogens with zero attached hydrogens (tertiary/aromatic N) is 3. The van der Waals surface area contributed by atoms with Crippen molar-refractivity contribution < 1.29 is 47.5 Å². The van der Waals surface area contributed by atoms with Gasteiger partial charge in [-0.3, -0.25) is 9.59 Å². The number of cyclic esters (lactones) is 1. The van der Waals surface area contributed by atoms with Crippen molar-refractivity contribution in [2.45, 2.75) is 18.5 Å². The number of benzene rings is 3. The van der Waals surface area contributed by atoms with Gasteiger partial charge in [0.05, 0.1) is 66.9 Å². The van der Waals surface area contributed by atoms with Crippen LogP contribution in [0.5, 0.6) is 40.2 Å². The van der Waals surface area contributed by atoms with Crippen LogP contribution < -0.4 is 38.5 Å². The molecule has 1 saturated heterocycles. The molecular weight excluding hydrogens is 624 g/mol. The van der Waals surface area contributed by atoms with Crippen molar-refractivity contribution in [1.29, 1.82) is 0 Å². The molecule has 4 aromatic rings. The summed E-state index contributed by atoms with van der Waals surface area (Å²) in [6.07, 6.45) is 1.57. The van der Waals surface area contributed by atoms with E-state index in [1.165, 1.54) is 21.3 Å². The number of hydrogen-bond acceptors (Lipinski definition) is 12. The standard InChI is InChI=1S/C34H34N4O10/c1-41-19-6-17(7-20(10-19)42-2)13-38-14-24(36-37-38)33(39)35-31-22-12-26-25(47-16-48-26)11-21(22)29(30-23(31)15-46-34(30)40)18-8-27(43-3)32(45-5)28(9-18)44-4/h6-12,14,23,29-31H,13,15-16H2,1-5H3,(H,35,39)/t23-,29+,30-,31+/m0/s1. The number of methoxy groups -OCH3 is 5. The van der Waals surface area contributed by atoms with Crippen LogP contribution in [0.15, 0.2) is 48.7 Å². The zero-order valence-electron chi connectivity index (χ0n) is 27.0. The van der Waals surface area contributed by atoms with E-state index in [1.54, 1.807) is 31.2 Å². The van der Waals surface area contributed by atoms with Crippen molar-refractivity contribution in [3.8, 4) is 40.2 Å². The highest BCUT2D eigenvalue weighted by molar-refractivity contribution is 5.92. The molecule has 1 aliphatic carbocycles. The molecule has 3 heterocycles. The number of aromatic nitrogens is 3. The first-order valence-electron chi connectivity index (χ1n) is 15.2. The lowest BCUT2D eigenvalue weighted by atomic mass is 9.65. The lowest BCUT2D eigenvalue weighted by Crippen LogP contribution is -2.43. The van der Waals surface area contributed by atoms with E-state index in [2.05, 4.69) is 15.6 Å². The molecular formula is C34H34N4O10. The molecule has 14 nitrogen and oxygen atoms in total. The van der Waals surface area contributed by atoms with Crippen molar-refractivity contribution in [2.75, 3.05) is 48.9 Å². The number of ether oxygens (including phenoxy) is 8. The minimum absolute atomic E-state index is 0.0568. The number of esters is 1. The molecule has 14 heteroatoms. The number of fused-ring (bicyclic) bond motifs is 3. The average molecular weight is 659 g/mol. The molecule has 3 aliphatic rings. The van der Waals surface area contributed by atoms with E-state index in [0.717, 1.165) is 22.3 Å². The molecule has 1 aromatic heterocycles. The highest BCUT2D eigenvalue weighted by atomic mass is 16.7. The molecule has 7 rings (SSSR count). The van der Waals surface area contributed by atoms with Crippen LogP contribution in [0.25, 0.3) is 0 Å². The summed E-state index contributed by atoms with van der Waals surface area (Å²) < 4.78 is 46.3. The molecule has 1 fully saturated rings. The van der Waals surface area contributed by atoms with Crippen LogP contribution in [-0.2, 0) is 16.1 Å². The van der Waals surface area contributed by atoms with Gasteiger partial charge in [0.1, 0.15) is 11.5 Å². The van der Waals surface area contributed by atoms with E-state index in [1.807, 2.05) is 36.4 Å². The maximum atomic E-state index is 13.8. The zero-order valence-corrected chi connectivity index (χ0v) is 27.0. The van der Waals surface area contributed by atoms with E-state index < -0.39 is 29.7 Å². The van der Waals surface area contributed by atoms with Crippen molar-refractivity contribution in [1.82, 2.24) is 20.3 Å². The molecule has 0 unspecified atom stereocenters. The minimum Gasteiger partial charge on any atom is -0.497 e. The molecule has 4 atom stereocenters. The Bertz CT molecular complexity index is 1840. The Morgan fingerprint density at radius 1 is 0.854 bits per heavy atom. The predicted molar refractivity (Wildman–Crippen MR) is 167 cm³/mol. The Balaban J connectivity index is 1.25. The van der Waals surface area contributed by atoms with Gasteiger partial charge < -0.3 is 43.2 Å². The summed E-state index contributed by atoms with van der Waals surface area (Å²) in [5.74, 6) is 1.28. The fourth-order valence-electron chi connectivity index (χ4n) is 6.87. The van der Waals surface area contributed by atoms with Crippen LogP contribution in [0.4, 0.5) is 0 Å². The summed E-state index contributed by atoms with van der Waals surface area (Å²) >= 11 is 0. The quantitative estimate of drug-likeness (QED) is 0.249. The fraction of sp³-hybridized carbons (Fsp3) is 0.353. The molecule has 0 radical (unpaired) electrons. The van der Waals surface area contributed by atoms with Gasteiger partial charge in [0.2, 0.25) is 12.5 Å². The van der Waals surface area contributed by atoms with Crippen LogP contribution in [0.3, 0.4) is 0 Å². The third-order valence-electron chi connectivity index (χ3n) is 9.05. The van der Waals surface area contributed by atoms with E-state index in [9.17, 15) is 9.59 Å². The SMILES string of the molecule is COc1cc(Cn2cc(C(=O)N[C@@H]3c4cc5c(cc4[C@@H](c4cc(OC)c(OC)c(OC)c4)[C@H]4C(=O)OC[C@@H]43)OCO5)nn2)cc(OC)c1. The van der Waals surface area contributed by atoms with E-state index in [0.29, 0.717) is 46.8 Å². The smallest absolute Gasteiger partial charge is 0.310 e. The Morgan fingerprint density at radius 3 is 2.15 bits per heavy atom. The Labute approximate surface area is 275 Å². The Morgan fingerprint density at radius 2 is 1.52 bits per heavy atom. The second kappa shape index (κ2) is 12.5. The topological polar surface area (TPSA) is 151 Å². The first kappa shape index (κ1) is 31.0. The van der Waals surface area contributed by atoms with Crippen molar-refractivity contribution >= 4 is 11.9 Å². The molecule has 0 bridgehead atoms. The minimum atomic E-state index is -0.648. The number of carbonyl (C=O) groups is 2. The Hall–Kier alpha value is -5.66. The van der Waals surface area contributed by atoms with Crippen LogP contribution in [0, 0.1) is 11.8 Å². The van der Waals surface area contributed by atoms with E-state index in [-0.39, 0.29) is 25.1 Å². The highest BCUT2D eigenvalue weighted by Gasteiger charge is 2.53. The molecule has 1 N–H and O–H groups in total. The molecule has 3 aromatic carbocycles. The highest BCUT2D eigenvalue weighted by Crippen LogP contribution is 2.55. The molecule has 2 aliphatic heterocycles. The van der Waals surface area contributed by atoms with Gasteiger partial charge in [-0.2, -0.15) is 0 Å². The third-order valence-corrected chi connectivity index (χ3v) is 9.05. The largest absolute Gasteiger partial charge is 0.497 e. The number of rotatable bonds is 10. The van der Waals surface area contributed by atoms with E-state index >= 15 is 0 Å². The second-order valence-corrected chi connectivity index (χ2v) is 11.6. The zero-order chi connectivity index (χ0) is 33.5. The monoisotopic (exact) mass is 658 g/mol. The van der Waals surface area contributed by atoms with Gasteiger partial charge in [-0.1, -0.05) is 5.21 Å². The maximum Gasteiger partial charge on any atom is 0.310 e. The fourth-order valence-corrected chi connectivity index (χ4v) is 6.87. The van der Waals surface area contributed by atoms with Gasteiger partial charge in [0.25, 0.3) is 5.91 Å². The van der Waals surface area contributed by atoms with Gasteiger partial charge in [-0.05, 0) is 58.7 Å². The van der Waals surface area contributed by atoms with Gasteiger partial charge >= 0.3 is 5.97 Å². The van der Waals surface area contributed by atoms with Gasteiger partial charge in [0.15, 0.2) is 28.7 Å². The molecule has 0 spiro atoms. The summed E-state index contributed by atoms with van der Waals surface area (Å²) in [7, 11) is 7.76. The van der Waals surface area contributed by atoms with Crippen LogP contribution in [0.2, 0.25) is 0 Å². The number of nitrogens with one attached hydrogen (secondary N) is 1. The predicted octanol–water partition coefficient (Wildman–Crippen LogP) is 3.50. The molecule has 48 heavy (non-hydrogen) atoms. The van der Waals surface area contributed by atoms with Crippen molar-refractivity contribution in [3.05, 3.63) is 76.6 Å². The first-order chi connectivity index (χ1) is 23.3. The lowest BCUT2D eigenvalue weighted by molar-refractivity contribution is -0.141. The van der Waals surface area contributed by atoms with Crippen LogP contribution in [-0.4, -0.2) is 75.8 Å².